The third kappa shape index (κ3) is 2.68. The van der Waals surface area contributed by atoms with Crippen LogP contribution in [0.4, 0.5) is 0 Å². The van der Waals surface area contributed by atoms with Crippen molar-refractivity contribution in [2.45, 2.75) is 13.8 Å². The number of fused-ring (bicyclic) bond motifs is 1. The minimum atomic E-state index is 0.500. The predicted molar refractivity (Wildman–Crippen MR) is 76.0 cm³/mol. The third-order valence-electron chi connectivity index (χ3n) is 2.70. The molecule has 0 spiro atoms. The van der Waals surface area contributed by atoms with Crippen LogP contribution in [0.25, 0.3) is 16.6 Å². The van der Waals surface area contributed by atoms with Crippen molar-refractivity contribution in [3.8, 4) is 6.07 Å². The third-order valence-corrected chi connectivity index (χ3v) is 2.70. The Balaban J connectivity index is 2.50. The van der Waals surface area contributed by atoms with Crippen molar-refractivity contribution < 1.29 is 0 Å². The number of hydrogen-bond donors (Lipinski definition) is 3. The van der Waals surface area contributed by atoms with Gasteiger partial charge in [-0.25, -0.2) is 4.98 Å². The second-order valence-corrected chi connectivity index (χ2v) is 4.03. The van der Waals surface area contributed by atoms with Crippen LogP contribution in [-0.2, 0) is 0 Å². The largest absolute Gasteiger partial charge is 0.371 e. The van der Waals surface area contributed by atoms with Crippen molar-refractivity contribution in [3.63, 3.8) is 0 Å². The van der Waals surface area contributed by atoms with E-state index < -0.39 is 0 Å². The summed E-state index contributed by atoms with van der Waals surface area (Å²) in [6, 6.07) is 9.95. The van der Waals surface area contributed by atoms with Crippen LogP contribution in [0.1, 0.15) is 19.7 Å². The zero-order valence-corrected chi connectivity index (χ0v) is 11.1. The summed E-state index contributed by atoms with van der Waals surface area (Å²) in [6.07, 6.45) is 0. The fraction of sp³-hybridized carbons (Fsp3) is 0.286. The summed E-state index contributed by atoms with van der Waals surface area (Å²) in [5.41, 5.74) is 2.29. The zero-order valence-electron chi connectivity index (χ0n) is 11.1. The van der Waals surface area contributed by atoms with Crippen molar-refractivity contribution >= 4 is 16.6 Å². The van der Waals surface area contributed by atoms with Gasteiger partial charge in [-0.1, -0.05) is 12.1 Å². The SMILES string of the molecule is CCNC(NCC)=C(C#N)c1nc2ccccc2[nH]1. The maximum absolute atomic E-state index is 9.38. The topological polar surface area (TPSA) is 76.5 Å². The molecule has 0 fully saturated rings. The number of allylic oxidation sites excluding steroid dienone is 1. The standard InChI is InChI=1S/C14H17N5/c1-3-16-13(17-4-2)10(9-15)14-18-11-7-5-6-8-12(11)19-14/h5-8,16-17H,3-4H2,1-2H3,(H,18,19). The lowest BCUT2D eigenvalue weighted by atomic mass is 10.2. The summed E-state index contributed by atoms with van der Waals surface area (Å²) in [7, 11) is 0. The van der Waals surface area contributed by atoms with Gasteiger partial charge in [-0.05, 0) is 26.0 Å². The van der Waals surface area contributed by atoms with E-state index in [1.807, 2.05) is 38.1 Å². The van der Waals surface area contributed by atoms with Crippen molar-refractivity contribution in [3.05, 3.63) is 35.9 Å². The number of aromatic amines is 1. The zero-order chi connectivity index (χ0) is 13.7. The molecule has 98 valence electrons. The molecule has 1 aromatic carbocycles. The molecule has 3 N–H and O–H groups in total. The molecule has 0 aliphatic heterocycles. The van der Waals surface area contributed by atoms with Gasteiger partial charge in [-0.3, -0.25) is 0 Å². The van der Waals surface area contributed by atoms with Gasteiger partial charge >= 0.3 is 0 Å². The minimum Gasteiger partial charge on any atom is -0.371 e. The molecule has 5 nitrogen and oxygen atoms in total. The Morgan fingerprint density at radius 1 is 1.26 bits per heavy atom. The van der Waals surface area contributed by atoms with Crippen molar-refractivity contribution in [1.82, 2.24) is 20.6 Å². The first kappa shape index (κ1) is 13.0. The molecule has 0 unspecified atom stereocenters. The smallest absolute Gasteiger partial charge is 0.152 e. The maximum Gasteiger partial charge on any atom is 0.152 e. The number of H-pyrrole nitrogens is 1. The van der Waals surface area contributed by atoms with Crippen LogP contribution in [0.3, 0.4) is 0 Å². The number of nitrogens with one attached hydrogen (secondary N) is 3. The molecule has 0 aliphatic rings. The van der Waals surface area contributed by atoms with Gasteiger partial charge in [0.1, 0.15) is 17.5 Å². The first-order valence-corrected chi connectivity index (χ1v) is 6.37. The van der Waals surface area contributed by atoms with Gasteiger partial charge in [-0.2, -0.15) is 5.26 Å². The molecule has 0 atom stereocenters. The molecule has 0 bridgehead atoms. The van der Waals surface area contributed by atoms with E-state index in [-0.39, 0.29) is 0 Å². The molecule has 0 radical (unpaired) electrons. The lowest BCUT2D eigenvalue weighted by Gasteiger charge is -2.11. The first-order valence-electron chi connectivity index (χ1n) is 6.37. The van der Waals surface area contributed by atoms with Gasteiger partial charge in [0.2, 0.25) is 0 Å². The molecule has 0 aliphatic carbocycles. The highest BCUT2D eigenvalue weighted by atomic mass is 15.1. The van der Waals surface area contributed by atoms with E-state index in [4.69, 9.17) is 0 Å². The first-order chi connectivity index (χ1) is 9.30. The van der Waals surface area contributed by atoms with Crippen LogP contribution in [0.5, 0.6) is 0 Å². The van der Waals surface area contributed by atoms with Gasteiger partial charge < -0.3 is 15.6 Å². The molecular formula is C14H17N5. The molecule has 2 aromatic rings. The molecule has 5 heteroatoms. The number of rotatable bonds is 5. The Morgan fingerprint density at radius 2 is 1.95 bits per heavy atom. The van der Waals surface area contributed by atoms with E-state index in [1.165, 1.54) is 0 Å². The Bertz CT molecular complexity index is 592. The molecule has 0 saturated carbocycles. The van der Waals surface area contributed by atoms with E-state index >= 15 is 0 Å². The monoisotopic (exact) mass is 255 g/mol. The Labute approximate surface area is 112 Å². The fourth-order valence-corrected chi connectivity index (χ4v) is 1.89. The highest BCUT2D eigenvalue weighted by Crippen LogP contribution is 2.17. The van der Waals surface area contributed by atoms with Crippen molar-refractivity contribution in [1.29, 1.82) is 5.26 Å². The van der Waals surface area contributed by atoms with E-state index in [9.17, 15) is 5.26 Å². The summed E-state index contributed by atoms with van der Waals surface area (Å²) in [6.45, 7) is 5.47. The fourth-order valence-electron chi connectivity index (χ4n) is 1.89. The molecule has 1 aromatic heterocycles. The highest BCUT2D eigenvalue weighted by molar-refractivity contribution is 5.82. The van der Waals surface area contributed by atoms with Gasteiger partial charge in [0.05, 0.1) is 11.0 Å². The maximum atomic E-state index is 9.38. The van der Waals surface area contributed by atoms with E-state index in [0.717, 1.165) is 24.1 Å². The van der Waals surface area contributed by atoms with Crippen LogP contribution in [0.2, 0.25) is 0 Å². The average Bonchev–Trinajstić information content (AvgIpc) is 2.83. The molecule has 2 rings (SSSR count). The summed E-state index contributed by atoms with van der Waals surface area (Å²) in [5.74, 6) is 1.30. The number of imidazole rings is 1. The molecule has 1 heterocycles. The second-order valence-electron chi connectivity index (χ2n) is 4.03. The summed E-state index contributed by atoms with van der Waals surface area (Å²) < 4.78 is 0. The lowest BCUT2D eigenvalue weighted by Crippen LogP contribution is -2.27. The normalized spacial score (nSPS) is 9.95. The van der Waals surface area contributed by atoms with Crippen molar-refractivity contribution in [2.75, 3.05) is 13.1 Å². The molecular weight excluding hydrogens is 238 g/mol. The Morgan fingerprint density at radius 3 is 2.53 bits per heavy atom. The summed E-state index contributed by atoms with van der Waals surface area (Å²) in [5, 5.41) is 15.7. The Kier molecular flexibility index (Phi) is 4.04. The quantitative estimate of drug-likeness (QED) is 0.714. The van der Waals surface area contributed by atoms with E-state index in [2.05, 4.69) is 26.7 Å². The lowest BCUT2D eigenvalue weighted by molar-refractivity contribution is 0.724. The van der Waals surface area contributed by atoms with E-state index in [0.29, 0.717) is 17.2 Å². The number of nitriles is 1. The van der Waals surface area contributed by atoms with Gasteiger partial charge in [0, 0.05) is 13.1 Å². The molecule has 0 amide bonds. The van der Waals surface area contributed by atoms with Gasteiger partial charge in [0.15, 0.2) is 5.82 Å². The van der Waals surface area contributed by atoms with Crippen LogP contribution in [-0.4, -0.2) is 23.1 Å². The Hall–Kier alpha value is -2.48. The predicted octanol–water partition coefficient (Wildman–Crippen LogP) is 1.97. The average molecular weight is 255 g/mol. The molecule has 0 saturated heterocycles. The number of para-hydroxylation sites is 2. The number of aromatic nitrogens is 2. The van der Waals surface area contributed by atoms with Crippen LogP contribution in [0.15, 0.2) is 30.1 Å². The second kappa shape index (κ2) is 5.91. The van der Waals surface area contributed by atoms with E-state index in [1.54, 1.807) is 0 Å². The minimum absolute atomic E-state index is 0.500. The number of benzene rings is 1. The molecule has 19 heavy (non-hydrogen) atoms. The van der Waals surface area contributed by atoms with Crippen molar-refractivity contribution in [2.24, 2.45) is 0 Å². The van der Waals surface area contributed by atoms with Gasteiger partial charge in [-0.15, -0.1) is 0 Å². The summed E-state index contributed by atoms with van der Waals surface area (Å²) in [4.78, 5) is 7.63. The summed E-state index contributed by atoms with van der Waals surface area (Å²) >= 11 is 0. The van der Waals surface area contributed by atoms with Crippen LogP contribution >= 0.6 is 0 Å². The van der Waals surface area contributed by atoms with Gasteiger partial charge in [0.25, 0.3) is 0 Å². The highest BCUT2D eigenvalue weighted by Gasteiger charge is 2.12. The number of hydrogen-bond acceptors (Lipinski definition) is 4. The van der Waals surface area contributed by atoms with Crippen LogP contribution < -0.4 is 10.6 Å². The van der Waals surface area contributed by atoms with Crippen LogP contribution in [0, 0.1) is 11.3 Å². The number of nitrogens with zero attached hydrogens (tertiary/aromatic N) is 2.